The van der Waals surface area contributed by atoms with Crippen LogP contribution in [0.4, 0.5) is 10.1 Å². The molecule has 0 radical (unpaired) electrons. The standard InChI is InChI=1S/C18H17FN2O5S/c19-14-5-3-6-15(10-14)27(24,25)20-11-18(23)26-12-17(22)21-9-8-13-4-1-2-7-16(13)21/h1-7,10,20H,8-9,11-12H2. The van der Waals surface area contributed by atoms with Gasteiger partial charge in [0.1, 0.15) is 12.4 Å². The molecule has 0 unspecified atom stereocenters. The van der Waals surface area contributed by atoms with E-state index in [1.807, 2.05) is 29.0 Å². The summed E-state index contributed by atoms with van der Waals surface area (Å²) in [6, 6.07) is 11.8. The fraction of sp³-hybridized carbons (Fsp3) is 0.222. The van der Waals surface area contributed by atoms with Gasteiger partial charge in [-0.1, -0.05) is 24.3 Å². The molecule has 2 aromatic rings. The lowest BCUT2D eigenvalue weighted by Gasteiger charge is -2.17. The summed E-state index contributed by atoms with van der Waals surface area (Å²) in [5, 5.41) is 0. The number of rotatable bonds is 6. The van der Waals surface area contributed by atoms with Gasteiger partial charge in [0.2, 0.25) is 10.0 Å². The van der Waals surface area contributed by atoms with Crippen molar-refractivity contribution >= 4 is 27.6 Å². The Morgan fingerprint density at radius 1 is 1.15 bits per heavy atom. The molecule has 1 aliphatic rings. The lowest BCUT2D eigenvalue weighted by Crippen LogP contribution is -2.36. The van der Waals surface area contributed by atoms with Gasteiger partial charge in [0.05, 0.1) is 4.90 Å². The molecule has 142 valence electrons. The normalized spacial score (nSPS) is 13.3. The van der Waals surface area contributed by atoms with Crippen molar-refractivity contribution in [3.63, 3.8) is 0 Å². The first-order chi connectivity index (χ1) is 12.9. The number of nitrogens with one attached hydrogen (secondary N) is 1. The van der Waals surface area contributed by atoms with Crippen molar-refractivity contribution in [3.05, 3.63) is 59.9 Å². The van der Waals surface area contributed by atoms with Crippen LogP contribution < -0.4 is 9.62 Å². The molecule has 0 aliphatic carbocycles. The zero-order valence-corrected chi connectivity index (χ0v) is 15.0. The number of nitrogens with zero attached hydrogens (tertiary/aromatic N) is 1. The van der Waals surface area contributed by atoms with Crippen LogP contribution in [0.3, 0.4) is 0 Å². The van der Waals surface area contributed by atoms with Crippen LogP contribution in [-0.2, 0) is 30.8 Å². The van der Waals surface area contributed by atoms with Gasteiger partial charge in [0.25, 0.3) is 5.91 Å². The molecule has 0 atom stereocenters. The number of fused-ring (bicyclic) bond motifs is 1. The van der Waals surface area contributed by atoms with Crippen LogP contribution in [0.15, 0.2) is 53.4 Å². The van der Waals surface area contributed by atoms with Gasteiger partial charge < -0.3 is 9.64 Å². The average molecular weight is 392 g/mol. The van der Waals surface area contributed by atoms with Gasteiger partial charge in [-0.05, 0) is 36.2 Å². The van der Waals surface area contributed by atoms with Gasteiger partial charge in [-0.3, -0.25) is 9.59 Å². The van der Waals surface area contributed by atoms with Gasteiger partial charge in [-0.25, -0.2) is 12.8 Å². The van der Waals surface area contributed by atoms with Crippen molar-refractivity contribution in [2.45, 2.75) is 11.3 Å². The number of esters is 1. The summed E-state index contributed by atoms with van der Waals surface area (Å²) in [6.45, 7) is -0.653. The smallest absolute Gasteiger partial charge is 0.321 e. The summed E-state index contributed by atoms with van der Waals surface area (Å²) in [4.78, 5) is 25.2. The lowest BCUT2D eigenvalue weighted by atomic mass is 10.2. The van der Waals surface area contributed by atoms with E-state index in [0.29, 0.717) is 6.54 Å². The lowest BCUT2D eigenvalue weighted by molar-refractivity contribution is -0.146. The van der Waals surface area contributed by atoms with E-state index >= 15 is 0 Å². The van der Waals surface area contributed by atoms with Crippen LogP contribution in [0, 0.1) is 5.82 Å². The van der Waals surface area contributed by atoms with E-state index in [4.69, 9.17) is 4.74 Å². The minimum absolute atomic E-state index is 0.306. The molecule has 7 nitrogen and oxygen atoms in total. The number of halogens is 1. The van der Waals surface area contributed by atoms with E-state index in [1.165, 1.54) is 17.0 Å². The van der Waals surface area contributed by atoms with Crippen LogP contribution in [0.2, 0.25) is 0 Å². The van der Waals surface area contributed by atoms with E-state index < -0.39 is 35.0 Å². The molecular weight excluding hydrogens is 375 g/mol. The molecule has 1 heterocycles. The van der Waals surface area contributed by atoms with Crippen molar-refractivity contribution in [1.29, 1.82) is 0 Å². The van der Waals surface area contributed by atoms with Crippen molar-refractivity contribution < 1.29 is 27.1 Å². The molecule has 0 fully saturated rings. The molecule has 9 heteroatoms. The van der Waals surface area contributed by atoms with Crippen LogP contribution in [-0.4, -0.2) is 40.0 Å². The highest BCUT2D eigenvalue weighted by molar-refractivity contribution is 7.89. The second-order valence-corrected chi connectivity index (χ2v) is 7.63. The molecule has 0 bridgehead atoms. The molecule has 0 aromatic heterocycles. The van der Waals surface area contributed by atoms with Crippen LogP contribution in [0.5, 0.6) is 0 Å². The van der Waals surface area contributed by atoms with Crippen LogP contribution in [0.25, 0.3) is 0 Å². The molecule has 2 aromatic carbocycles. The molecular formula is C18H17FN2O5S. The number of carbonyl (C=O) groups excluding carboxylic acids is 2. The summed E-state index contributed by atoms with van der Waals surface area (Å²) >= 11 is 0. The summed E-state index contributed by atoms with van der Waals surface area (Å²) in [6.07, 6.45) is 0.725. The first kappa shape index (κ1) is 19.0. The number of para-hydroxylation sites is 1. The Balaban J connectivity index is 1.51. The number of benzene rings is 2. The molecule has 3 rings (SSSR count). The largest absolute Gasteiger partial charge is 0.455 e. The second-order valence-electron chi connectivity index (χ2n) is 5.87. The molecule has 1 amide bonds. The van der Waals surface area contributed by atoms with Gasteiger partial charge in [-0.15, -0.1) is 0 Å². The Bertz CT molecular complexity index is 977. The highest BCUT2D eigenvalue weighted by Gasteiger charge is 2.25. The monoisotopic (exact) mass is 392 g/mol. The van der Waals surface area contributed by atoms with Crippen molar-refractivity contribution in [1.82, 2.24) is 4.72 Å². The maximum atomic E-state index is 13.1. The predicted octanol–water partition coefficient (Wildman–Crippen LogP) is 1.24. The number of ether oxygens (including phenoxy) is 1. The van der Waals surface area contributed by atoms with E-state index in [0.717, 1.165) is 29.8 Å². The Labute approximate surface area is 155 Å². The maximum absolute atomic E-state index is 13.1. The number of amides is 1. The third-order valence-corrected chi connectivity index (χ3v) is 5.46. The topological polar surface area (TPSA) is 92.8 Å². The molecule has 1 N–H and O–H groups in total. The molecule has 0 spiro atoms. The minimum atomic E-state index is -4.06. The molecule has 0 saturated carbocycles. The Morgan fingerprint density at radius 2 is 1.93 bits per heavy atom. The first-order valence-corrected chi connectivity index (χ1v) is 9.64. The highest BCUT2D eigenvalue weighted by Crippen LogP contribution is 2.27. The van der Waals surface area contributed by atoms with Gasteiger partial charge in [-0.2, -0.15) is 4.72 Å². The molecule has 0 saturated heterocycles. The van der Waals surface area contributed by atoms with Gasteiger partial charge >= 0.3 is 5.97 Å². The van der Waals surface area contributed by atoms with E-state index in [9.17, 15) is 22.4 Å². The SMILES string of the molecule is O=C(CNS(=O)(=O)c1cccc(F)c1)OCC(=O)N1CCc2ccccc21. The second kappa shape index (κ2) is 7.85. The average Bonchev–Trinajstić information content (AvgIpc) is 3.09. The van der Waals surface area contributed by atoms with Gasteiger partial charge in [0.15, 0.2) is 6.61 Å². The minimum Gasteiger partial charge on any atom is -0.455 e. The number of hydrogen-bond acceptors (Lipinski definition) is 5. The third kappa shape index (κ3) is 4.50. The van der Waals surface area contributed by atoms with Crippen LogP contribution in [0.1, 0.15) is 5.56 Å². The van der Waals surface area contributed by atoms with E-state index in [1.54, 1.807) is 0 Å². The summed E-state index contributed by atoms with van der Waals surface area (Å²) in [7, 11) is -4.06. The fourth-order valence-corrected chi connectivity index (χ4v) is 3.74. The third-order valence-electron chi connectivity index (χ3n) is 4.06. The zero-order chi connectivity index (χ0) is 19.4. The summed E-state index contributed by atoms with van der Waals surface area (Å²) < 4.78 is 44.0. The number of anilines is 1. The summed E-state index contributed by atoms with van der Waals surface area (Å²) in [5.74, 6) is -2.01. The molecule has 27 heavy (non-hydrogen) atoms. The Hall–Kier alpha value is -2.78. The van der Waals surface area contributed by atoms with Crippen molar-refractivity contribution in [2.75, 3.05) is 24.6 Å². The van der Waals surface area contributed by atoms with Crippen molar-refractivity contribution in [2.24, 2.45) is 0 Å². The zero-order valence-electron chi connectivity index (χ0n) is 14.2. The predicted molar refractivity (Wildman–Crippen MR) is 95.0 cm³/mol. The fourth-order valence-electron chi connectivity index (χ4n) is 2.74. The number of sulfonamides is 1. The van der Waals surface area contributed by atoms with Crippen molar-refractivity contribution in [3.8, 4) is 0 Å². The van der Waals surface area contributed by atoms with E-state index in [2.05, 4.69) is 0 Å². The number of carbonyl (C=O) groups is 2. The Kier molecular flexibility index (Phi) is 5.52. The highest BCUT2D eigenvalue weighted by atomic mass is 32.2. The number of hydrogen-bond donors (Lipinski definition) is 1. The summed E-state index contributed by atoms with van der Waals surface area (Å²) in [5.41, 5.74) is 1.82. The Morgan fingerprint density at radius 3 is 2.70 bits per heavy atom. The maximum Gasteiger partial charge on any atom is 0.321 e. The van der Waals surface area contributed by atoms with Gasteiger partial charge in [0, 0.05) is 12.2 Å². The first-order valence-electron chi connectivity index (χ1n) is 8.16. The van der Waals surface area contributed by atoms with E-state index in [-0.39, 0.29) is 10.8 Å². The quantitative estimate of drug-likeness (QED) is 0.747. The van der Waals surface area contributed by atoms with Crippen LogP contribution >= 0.6 is 0 Å². The molecule has 1 aliphatic heterocycles.